The topological polar surface area (TPSA) is 110 Å². The largest absolute Gasteiger partial charge is 0.419 e. The fourth-order valence-corrected chi connectivity index (χ4v) is 6.38. The van der Waals surface area contributed by atoms with Crippen LogP contribution < -0.4 is 9.80 Å². The number of anilines is 2. The molecule has 1 unspecified atom stereocenters. The number of hydrogen-bond acceptors (Lipinski definition) is 11. The molecule has 0 amide bonds. The van der Waals surface area contributed by atoms with Crippen molar-refractivity contribution in [3.05, 3.63) is 75.9 Å². The van der Waals surface area contributed by atoms with Crippen molar-refractivity contribution in [2.75, 3.05) is 36.0 Å². The molecule has 1 aromatic carbocycles. The maximum atomic E-state index is 15.4. The highest BCUT2D eigenvalue weighted by molar-refractivity contribution is 7.17. The Morgan fingerprint density at radius 2 is 1.77 bits per heavy atom. The smallest absolute Gasteiger partial charge is 0.349 e. The zero-order valence-corrected chi connectivity index (χ0v) is 22.2. The fourth-order valence-electron chi connectivity index (χ4n) is 5.32. The van der Waals surface area contributed by atoms with E-state index in [9.17, 15) is 0 Å². The van der Waals surface area contributed by atoms with Gasteiger partial charge in [-0.2, -0.15) is 8.78 Å². The van der Waals surface area contributed by atoms with Crippen molar-refractivity contribution in [3.8, 4) is 0 Å². The lowest BCUT2D eigenvalue weighted by Crippen LogP contribution is -2.60. The molecule has 2 aliphatic rings. The van der Waals surface area contributed by atoms with Gasteiger partial charge in [-0.1, -0.05) is 29.3 Å². The van der Waals surface area contributed by atoms with Gasteiger partial charge in [0.1, 0.15) is 11.0 Å². The van der Waals surface area contributed by atoms with Gasteiger partial charge in [0.2, 0.25) is 11.8 Å². The number of nitrogens with zero attached hydrogens (tertiary/aromatic N) is 9. The molecule has 7 rings (SSSR count). The van der Waals surface area contributed by atoms with Gasteiger partial charge in [0.15, 0.2) is 11.5 Å². The van der Waals surface area contributed by atoms with Gasteiger partial charge in [0, 0.05) is 49.6 Å². The van der Waals surface area contributed by atoms with E-state index in [2.05, 4.69) is 40.0 Å². The predicted octanol–water partition coefficient (Wildman–Crippen LogP) is 4.82. The Morgan fingerprint density at radius 3 is 2.56 bits per heavy atom. The van der Waals surface area contributed by atoms with E-state index in [1.165, 1.54) is 29.8 Å². The second kappa shape index (κ2) is 9.00. The molecule has 15 heteroatoms. The highest BCUT2D eigenvalue weighted by Crippen LogP contribution is 2.51. The standard InChI is InChI=1S/C24H17Cl2F2N9OS/c25-15-3-2-13(6-16(15)26)24(27,28)21-35-34-20(38-21)14-7-36(19-17-18(31-11-32-19)33-12-39-17)8-23(14)9-37(10-23)22-29-4-1-5-30-22/h1-6,11-12,14H,7-10H2. The van der Waals surface area contributed by atoms with Crippen LogP contribution in [0.4, 0.5) is 20.5 Å². The molecule has 0 N–H and O–H groups in total. The van der Waals surface area contributed by atoms with Crippen molar-refractivity contribution in [3.63, 3.8) is 0 Å². The summed E-state index contributed by atoms with van der Waals surface area (Å²) in [6.07, 6.45) is 4.84. The Labute approximate surface area is 233 Å². The van der Waals surface area contributed by atoms with Gasteiger partial charge >= 0.3 is 5.92 Å². The van der Waals surface area contributed by atoms with Gasteiger partial charge < -0.3 is 14.2 Å². The van der Waals surface area contributed by atoms with Crippen LogP contribution >= 0.6 is 34.5 Å². The minimum Gasteiger partial charge on any atom is -0.419 e. The van der Waals surface area contributed by atoms with Crippen LogP contribution in [0.5, 0.6) is 0 Å². The monoisotopic (exact) mass is 587 g/mol. The van der Waals surface area contributed by atoms with E-state index >= 15 is 8.78 Å². The summed E-state index contributed by atoms with van der Waals surface area (Å²) in [6.45, 7) is 2.19. The quantitative estimate of drug-likeness (QED) is 0.284. The van der Waals surface area contributed by atoms with Gasteiger partial charge in [-0.25, -0.2) is 24.9 Å². The number of alkyl halides is 2. The lowest BCUT2D eigenvalue weighted by molar-refractivity contribution is 0.0108. The molecule has 4 aromatic heterocycles. The van der Waals surface area contributed by atoms with Gasteiger partial charge in [-0.05, 0) is 18.2 Å². The molecule has 2 fully saturated rings. The third-order valence-corrected chi connectivity index (χ3v) is 8.75. The first-order chi connectivity index (χ1) is 18.8. The molecule has 5 aromatic rings. The van der Waals surface area contributed by atoms with Crippen molar-refractivity contribution in [1.29, 1.82) is 0 Å². The number of benzene rings is 1. The van der Waals surface area contributed by atoms with Crippen molar-refractivity contribution >= 4 is 56.7 Å². The summed E-state index contributed by atoms with van der Waals surface area (Å²) in [5.41, 5.74) is 1.56. The SMILES string of the molecule is FC(F)(c1ccc(Cl)c(Cl)c1)c1nnc(C2CN(c3ncnc4ncsc34)CC23CN(c2ncccn2)C3)o1. The summed E-state index contributed by atoms with van der Waals surface area (Å²) < 4.78 is 37.4. The third-order valence-electron chi connectivity index (χ3n) is 7.20. The molecular weight excluding hydrogens is 571 g/mol. The third kappa shape index (κ3) is 3.98. The molecule has 1 atom stereocenters. The van der Waals surface area contributed by atoms with Crippen LogP contribution in [0, 0.1) is 5.41 Å². The van der Waals surface area contributed by atoms with Gasteiger partial charge in [-0.3, -0.25) is 0 Å². The molecule has 0 radical (unpaired) electrons. The van der Waals surface area contributed by atoms with Gasteiger partial charge in [0.05, 0.1) is 21.5 Å². The Kier molecular flexibility index (Phi) is 5.65. The maximum absolute atomic E-state index is 15.4. The van der Waals surface area contributed by atoms with E-state index in [1.807, 2.05) is 4.90 Å². The molecule has 0 aliphatic carbocycles. The average molecular weight is 588 g/mol. The molecule has 1 spiro atoms. The van der Waals surface area contributed by atoms with Crippen LogP contribution in [0.2, 0.25) is 10.0 Å². The molecule has 0 saturated carbocycles. The lowest BCUT2D eigenvalue weighted by Gasteiger charge is -2.50. The number of rotatable bonds is 5. The summed E-state index contributed by atoms with van der Waals surface area (Å²) in [6, 6.07) is 5.36. The minimum absolute atomic E-state index is 0.0101. The Hall–Kier alpha value is -3.55. The lowest BCUT2D eigenvalue weighted by atomic mass is 9.71. The van der Waals surface area contributed by atoms with Crippen LogP contribution in [0.15, 0.2) is 52.9 Å². The van der Waals surface area contributed by atoms with E-state index in [1.54, 1.807) is 24.0 Å². The normalized spacial score (nSPS) is 18.7. The van der Waals surface area contributed by atoms with Crippen molar-refractivity contribution in [1.82, 2.24) is 35.1 Å². The van der Waals surface area contributed by atoms with Gasteiger partial charge in [0.25, 0.3) is 5.89 Å². The molecule has 0 bridgehead atoms. The summed E-state index contributed by atoms with van der Waals surface area (Å²) in [7, 11) is 0. The average Bonchev–Trinajstić information content (AvgIpc) is 3.67. The van der Waals surface area contributed by atoms with Crippen molar-refractivity contribution in [2.24, 2.45) is 5.41 Å². The molecule has 2 saturated heterocycles. The van der Waals surface area contributed by atoms with Crippen LogP contribution in [0.1, 0.15) is 23.3 Å². The number of aromatic nitrogens is 7. The van der Waals surface area contributed by atoms with E-state index in [4.69, 9.17) is 27.6 Å². The molecule has 2 aliphatic heterocycles. The molecule has 10 nitrogen and oxygen atoms in total. The second-order valence-electron chi connectivity index (χ2n) is 9.55. The van der Waals surface area contributed by atoms with Crippen molar-refractivity contribution in [2.45, 2.75) is 11.8 Å². The highest BCUT2D eigenvalue weighted by atomic mass is 35.5. The van der Waals surface area contributed by atoms with Crippen LogP contribution in [0.3, 0.4) is 0 Å². The van der Waals surface area contributed by atoms with Crippen LogP contribution in [-0.2, 0) is 5.92 Å². The Bertz CT molecular complexity index is 1680. The Morgan fingerprint density at radius 1 is 0.974 bits per heavy atom. The number of hydrogen-bond donors (Lipinski definition) is 0. The maximum Gasteiger partial charge on any atom is 0.349 e. The fraction of sp³-hybridized carbons (Fsp3) is 0.292. The number of fused-ring (bicyclic) bond motifs is 1. The summed E-state index contributed by atoms with van der Waals surface area (Å²) in [5, 5.41) is 8.06. The highest BCUT2D eigenvalue weighted by Gasteiger charge is 2.58. The summed E-state index contributed by atoms with van der Waals surface area (Å²) in [5.74, 6) is -3.24. The van der Waals surface area contributed by atoms with Crippen LogP contribution in [0.25, 0.3) is 10.3 Å². The van der Waals surface area contributed by atoms with E-state index in [-0.39, 0.29) is 32.8 Å². The molecule has 198 valence electrons. The predicted molar refractivity (Wildman–Crippen MR) is 141 cm³/mol. The summed E-state index contributed by atoms with van der Waals surface area (Å²) in [4.78, 5) is 25.9. The second-order valence-corrected chi connectivity index (χ2v) is 11.2. The first-order valence-electron chi connectivity index (χ1n) is 11.8. The molecular formula is C24H17Cl2F2N9OS. The zero-order valence-electron chi connectivity index (χ0n) is 19.9. The number of thiazole rings is 1. The molecule has 6 heterocycles. The van der Waals surface area contributed by atoms with Gasteiger partial charge in [-0.15, -0.1) is 21.5 Å². The first-order valence-corrected chi connectivity index (χ1v) is 13.5. The van der Waals surface area contributed by atoms with E-state index in [0.29, 0.717) is 37.8 Å². The summed E-state index contributed by atoms with van der Waals surface area (Å²) >= 11 is 13.3. The van der Waals surface area contributed by atoms with Crippen LogP contribution in [-0.4, -0.2) is 61.3 Å². The molecule has 39 heavy (non-hydrogen) atoms. The van der Waals surface area contributed by atoms with E-state index < -0.39 is 11.8 Å². The Balaban J connectivity index is 1.24. The van der Waals surface area contributed by atoms with E-state index in [0.717, 1.165) is 16.6 Å². The minimum atomic E-state index is -3.56. The first kappa shape index (κ1) is 24.5. The van der Waals surface area contributed by atoms with Crippen molar-refractivity contribution < 1.29 is 13.2 Å². The zero-order chi connectivity index (χ0) is 26.8. The number of halogens is 4.